The number of hydrogen-bond donors (Lipinski definition) is 2. The van der Waals surface area contributed by atoms with Gasteiger partial charge in [-0.15, -0.1) is 0 Å². The lowest BCUT2D eigenvalue weighted by Gasteiger charge is -2.23. The summed E-state index contributed by atoms with van der Waals surface area (Å²) < 4.78 is 0. The highest BCUT2D eigenvalue weighted by Crippen LogP contribution is 2.05. The first-order chi connectivity index (χ1) is 9.52. The molecule has 5 nitrogen and oxygen atoms in total. The molecule has 20 heavy (non-hydrogen) atoms. The van der Waals surface area contributed by atoms with Crippen LogP contribution in [-0.2, 0) is 16.0 Å². The van der Waals surface area contributed by atoms with Crippen LogP contribution in [0.5, 0.6) is 0 Å². The van der Waals surface area contributed by atoms with Crippen LogP contribution < -0.4 is 5.32 Å². The van der Waals surface area contributed by atoms with Gasteiger partial charge in [0.25, 0.3) is 0 Å². The topological polar surface area (TPSA) is 69.6 Å². The standard InChI is InChI=1S/C15H22N2O3/c1-12(15(19)20)10-17(11-14(18)16-2)9-8-13-6-4-3-5-7-13/h3-7,12H,8-11H2,1-2H3,(H,16,18)(H,19,20). The van der Waals surface area contributed by atoms with Gasteiger partial charge in [0.1, 0.15) is 0 Å². The molecular weight excluding hydrogens is 256 g/mol. The highest BCUT2D eigenvalue weighted by atomic mass is 16.4. The van der Waals surface area contributed by atoms with E-state index in [2.05, 4.69) is 5.32 Å². The molecule has 0 aliphatic rings. The Hall–Kier alpha value is -1.88. The Kier molecular flexibility index (Phi) is 6.73. The van der Waals surface area contributed by atoms with Gasteiger partial charge in [-0.1, -0.05) is 37.3 Å². The van der Waals surface area contributed by atoms with E-state index in [0.717, 1.165) is 6.42 Å². The summed E-state index contributed by atoms with van der Waals surface area (Å²) in [5, 5.41) is 11.5. The van der Waals surface area contributed by atoms with Gasteiger partial charge in [0.2, 0.25) is 5.91 Å². The van der Waals surface area contributed by atoms with Crippen molar-refractivity contribution in [3.05, 3.63) is 35.9 Å². The number of carboxylic acids is 1. The Morgan fingerprint density at radius 1 is 1.30 bits per heavy atom. The minimum absolute atomic E-state index is 0.101. The van der Waals surface area contributed by atoms with Crippen LogP contribution in [0, 0.1) is 5.92 Å². The molecule has 1 aromatic carbocycles. The number of rotatable bonds is 8. The van der Waals surface area contributed by atoms with E-state index in [-0.39, 0.29) is 12.5 Å². The first-order valence-electron chi connectivity index (χ1n) is 6.72. The zero-order valence-corrected chi connectivity index (χ0v) is 12.0. The first-order valence-corrected chi connectivity index (χ1v) is 6.72. The zero-order chi connectivity index (χ0) is 15.0. The Labute approximate surface area is 119 Å². The van der Waals surface area contributed by atoms with Crippen LogP contribution in [0.15, 0.2) is 30.3 Å². The molecule has 0 aliphatic heterocycles. The molecule has 5 heteroatoms. The van der Waals surface area contributed by atoms with Crippen LogP contribution in [0.1, 0.15) is 12.5 Å². The van der Waals surface area contributed by atoms with Crippen molar-refractivity contribution in [2.75, 3.05) is 26.7 Å². The summed E-state index contributed by atoms with van der Waals surface area (Å²) in [6.07, 6.45) is 0.796. The average molecular weight is 278 g/mol. The van der Waals surface area contributed by atoms with Gasteiger partial charge >= 0.3 is 5.97 Å². The number of aliphatic carboxylic acids is 1. The summed E-state index contributed by atoms with van der Waals surface area (Å²) in [7, 11) is 1.58. The smallest absolute Gasteiger partial charge is 0.307 e. The van der Waals surface area contributed by atoms with Crippen LogP contribution in [0.4, 0.5) is 0 Å². The molecule has 0 aromatic heterocycles. The molecule has 1 atom stereocenters. The highest BCUT2D eigenvalue weighted by molar-refractivity contribution is 5.77. The summed E-state index contributed by atoms with van der Waals surface area (Å²) in [4.78, 5) is 24.3. The Morgan fingerprint density at radius 2 is 1.95 bits per heavy atom. The second kappa shape index (κ2) is 8.32. The third-order valence-corrected chi connectivity index (χ3v) is 3.16. The summed E-state index contributed by atoms with van der Waals surface area (Å²) in [6.45, 7) is 2.91. The van der Waals surface area contributed by atoms with E-state index in [9.17, 15) is 9.59 Å². The van der Waals surface area contributed by atoms with Gasteiger partial charge in [0, 0.05) is 20.1 Å². The van der Waals surface area contributed by atoms with Crippen LogP contribution in [-0.4, -0.2) is 48.6 Å². The molecule has 110 valence electrons. The van der Waals surface area contributed by atoms with E-state index in [0.29, 0.717) is 13.1 Å². The van der Waals surface area contributed by atoms with Crippen molar-refractivity contribution in [3.63, 3.8) is 0 Å². The van der Waals surface area contributed by atoms with Gasteiger partial charge in [-0.2, -0.15) is 0 Å². The summed E-state index contributed by atoms with van der Waals surface area (Å²) in [6, 6.07) is 9.95. The Morgan fingerprint density at radius 3 is 2.50 bits per heavy atom. The maximum absolute atomic E-state index is 11.5. The van der Waals surface area contributed by atoms with Crippen molar-refractivity contribution in [1.29, 1.82) is 0 Å². The van der Waals surface area contributed by atoms with Crippen LogP contribution in [0.3, 0.4) is 0 Å². The monoisotopic (exact) mass is 278 g/mol. The quantitative estimate of drug-likeness (QED) is 0.744. The van der Waals surface area contributed by atoms with Gasteiger partial charge in [-0.05, 0) is 12.0 Å². The molecule has 1 aromatic rings. The summed E-state index contributed by atoms with van der Waals surface area (Å²) in [5.41, 5.74) is 1.18. The molecule has 0 heterocycles. The van der Waals surface area contributed by atoms with Gasteiger partial charge in [0.15, 0.2) is 0 Å². The number of nitrogens with one attached hydrogen (secondary N) is 1. The summed E-state index contributed by atoms with van der Waals surface area (Å²) in [5.74, 6) is -1.43. The van der Waals surface area contributed by atoms with Crippen molar-refractivity contribution in [3.8, 4) is 0 Å². The number of likely N-dealkylation sites (N-methyl/N-ethyl adjacent to an activating group) is 1. The molecule has 1 amide bonds. The molecule has 0 bridgehead atoms. The van der Waals surface area contributed by atoms with Crippen LogP contribution in [0.2, 0.25) is 0 Å². The number of benzene rings is 1. The van der Waals surface area contributed by atoms with E-state index in [1.54, 1.807) is 14.0 Å². The fourth-order valence-electron chi connectivity index (χ4n) is 1.91. The number of amides is 1. The van der Waals surface area contributed by atoms with Gasteiger partial charge in [-0.3, -0.25) is 14.5 Å². The zero-order valence-electron chi connectivity index (χ0n) is 12.0. The van der Waals surface area contributed by atoms with Gasteiger partial charge in [0.05, 0.1) is 12.5 Å². The van der Waals surface area contributed by atoms with Crippen molar-refractivity contribution in [2.24, 2.45) is 5.92 Å². The lowest BCUT2D eigenvalue weighted by molar-refractivity contribution is -0.142. The lowest BCUT2D eigenvalue weighted by atomic mass is 10.1. The van der Waals surface area contributed by atoms with E-state index in [1.807, 2.05) is 35.2 Å². The normalized spacial score (nSPS) is 12.2. The largest absolute Gasteiger partial charge is 0.481 e. The number of carbonyl (C=O) groups is 2. The fraction of sp³-hybridized carbons (Fsp3) is 0.467. The van der Waals surface area contributed by atoms with E-state index in [4.69, 9.17) is 5.11 Å². The third kappa shape index (κ3) is 5.84. The Balaban J connectivity index is 2.57. The van der Waals surface area contributed by atoms with Crippen molar-refractivity contribution >= 4 is 11.9 Å². The molecule has 0 saturated heterocycles. The lowest BCUT2D eigenvalue weighted by Crippen LogP contribution is -2.40. The second-order valence-electron chi connectivity index (χ2n) is 4.88. The third-order valence-electron chi connectivity index (χ3n) is 3.16. The maximum atomic E-state index is 11.5. The number of hydrogen-bond acceptors (Lipinski definition) is 3. The minimum atomic E-state index is -0.841. The highest BCUT2D eigenvalue weighted by Gasteiger charge is 2.17. The minimum Gasteiger partial charge on any atom is -0.481 e. The van der Waals surface area contributed by atoms with Gasteiger partial charge in [-0.25, -0.2) is 0 Å². The van der Waals surface area contributed by atoms with Gasteiger partial charge < -0.3 is 10.4 Å². The molecule has 1 rings (SSSR count). The molecule has 1 unspecified atom stereocenters. The van der Waals surface area contributed by atoms with Crippen molar-refractivity contribution in [2.45, 2.75) is 13.3 Å². The molecule has 2 N–H and O–H groups in total. The second-order valence-corrected chi connectivity index (χ2v) is 4.88. The van der Waals surface area contributed by atoms with Crippen molar-refractivity contribution < 1.29 is 14.7 Å². The van der Waals surface area contributed by atoms with E-state index in [1.165, 1.54) is 5.56 Å². The molecular formula is C15H22N2O3. The molecule has 0 radical (unpaired) electrons. The van der Waals surface area contributed by atoms with Crippen LogP contribution in [0.25, 0.3) is 0 Å². The molecule has 0 aliphatic carbocycles. The van der Waals surface area contributed by atoms with Crippen molar-refractivity contribution in [1.82, 2.24) is 10.2 Å². The molecule has 0 fully saturated rings. The average Bonchev–Trinajstić information content (AvgIpc) is 2.45. The number of nitrogens with zero attached hydrogens (tertiary/aromatic N) is 1. The molecule has 0 spiro atoms. The van der Waals surface area contributed by atoms with E-state index >= 15 is 0 Å². The molecule has 0 saturated carbocycles. The number of carbonyl (C=O) groups excluding carboxylic acids is 1. The SMILES string of the molecule is CNC(=O)CN(CCc1ccccc1)CC(C)C(=O)O. The predicted octanol–water partition coefficient (Wildman–Crippen LogP) is 0.998. The first kappa shape index (κ1) is 16.2. The van der Waals surface area contributed by atoms with E-state index < -0.39 is 11.9 Å². The Bertz CT molecular complexity index is 434. The number of carboxylic acid groups (broad SMARTS) is 1. The fourth-order valence-corrected chi connectivity index (χ4v) is 1.91. The summed E-state index contributed by atoms with van der Waals surface area (Å²) >= 11 is 0. The maximum Gasteiger partial charge on any atom is 0.307 e. The predicted molar refractivity (Wildman–Crippen MR) is 77.5 cm³/mol. The van der Waals surface area contributed by atoms with Crippen LogP contribution >= 0.6 is 0 Å².